The molecule has 0 saturated carbocycles. The van der Waals surface area contributed by atoms with Gasteiger partial charge in [-0.2, -0.15) is 0 Å². The van der Waals surface area contributed by atoms with Crippen LogP contribution in [-0.2, 0) is 30.3 Å². The maximum absolute atomic E-state index is 13.5. The molecule has 4 aromatic rings. The molecule has 0 saturated heterocycles. The van der Waals surface area contributed by atoms with Gasteiger partial charge in [0.1, 0.15) is 20.2 Å². The largest absolute Gasteiger partial charge is 1.00 e. The van der Waals surface area contributed by atoms with Crippen molar-refractivity contribution in [2.24, 2.45) is 0 Å². The summed E-state index contributed by atoms with van der Waals surface area (Å²) < 4.78 is 100.0. The number of hydrogen-bond acceptors (Lipinski definition) is 12. The zero-order chi connectivity index (χ0) is 30.6. The maximum atomic E-state index is 13.5. The SMILES string of the molecule is Nc1c(S(=O)(=O)[O-])cc(Nc2ccc(NS(=O)(=O)c3ccccc3)c(S(=O)(=O)[O-])c2)c2c1C(=O)c1ccccc1C2=O.[Na+].[Na+]. The first-order valence-electron chi connectivity index (χ1n) is 11.7. The molecule has 0 unspecified atom stereocenters. The molecule has 0 atom stereocenters. The number of nitrogens with one attached hydrogen (secondary N) is 2. The molecule has 0 bridgehead atoms. The van der Waals surface area contributed by atoms with Crippen molar-refractivity contribution in [1.82, 2.24) is 0 Å². The second-order valence-electron chi connectivity index (χ2n) is 8.95. The van der Waals surface area contributed by atoms with E-state index in [2.05, 4.69) is 5.32 Å². The van der Waals surface area contributed by atoms with E-state index in [0.29, 0.717) is 6.07 Å². The van der Waals surface area contributed by atoms with Crippen LogP contribution in [0.15, 0.2) is 93.5 Å². The van der Waals surface area contributed by atoms with E-state index < -0.39 is 79.8 Å². The molecule has 0 radical (unpaired) electrons. The van der Waals surface area contributed by atoms with Gasteiger partial charge in [0.2, 0.25) is 0 Å². The summed E-state index contributed by atoms with van der Waals surface area (Å²) in [6.45, 7) is 0. The number of sulfonamides is 1. The Morgan fingerprint density at radius 3 is 1.68 bits per heavy atom. The molecule has 44 heavy (non-hydrogen) atoms. The fourth-order valence-electron chi connectivity index (χ4n) is 4.45. The Morgan fingerprint density at radius 1 is 0.614 bits per heavy atom. The molecule has 13 nitrogen and oxygen atoms in total. The Bertz CT molecular complexity index is 2160. The molecular weight excluding hydrogens is 656 g/mol. The minimum atomic E-state index is -5.32. The van der Waals surface area contributed by atoms with Crippen LogP contribution in [0.4, 0.5) is 22.7 Å². The molecule has 0 fully saturated rings. The third-order valence-electron chi connectivity index (χ3n) is 6.30. The maximum Gasteiger partial charge on any atom is 1.00 e. The van der Waals surface area contributed by atoms with Crippen LogP contribution < -0.4 is 74.9 Å². The van der Waals surface area contributed by atoms with E-state index in [9.17, 15) is 43.9 Å². The Morgan fingerprint density at radius 2 is 1.14 bits per heavy atom. The van der Waals surface area contributed by atoms with Gasteiger partial charge in [-0.15, -0.1) is 0 Å². The number of nitrogen functional groups attached to an aromatic ring is 1. The third-order valence-corrected chi connectivity index (χ3v) is 9.43. The van der Waals surface area contributed by atoms with E-state index in [0.717, 1.165) is 18.2 Å². The summed E-state index contributed by atoms with van der Waals surface area (Å²) in [5.74, 6) is -1.59. The Kier molecular flexibility index (Phi) is 10.6. The zero-order valence-corrected chi connectivity index (χ0v) is 29.3. The number of anilines is 4. The summed E-state index contributed by atoms with van der Waals surface area (Å²) in [4.78, 5) is 24.5. The molecule has 216 valence electrons. The van der Waals surface area contributed by atoms with E-state index >= 15 is 0 Å². The van der Waals surface area contributed by atoms with Crippen molar-refractivity contribution in [1.29, 1.82) is 0 Å². The monoisotopic (exact) mass is 673 g/mol. The first-order chi connectivity index (χ1) is 19.6. The number of carbonyl (C=O) groups is 2. The average molecular weight is 674 g/mol. The van der Waals surface area contributed by atoms with Gasteiger partial charge >= 0.3 is 59.1 Å². The summed E-state index contributed by atoms with van der Waals surface area (Å²) in [5, 5.41) is 2.58. The first kappa shape index (κ1) is 35.9. The summed E-state index contributed by atoms with van der Waals surface area (Å²) in [7, 11) is -14.9. The predicted molar refractivity (Wildman–Crippen MR) is 147 cm³/mol. The van der Waals surface area contributed by atoms with Crippen LogP contribution in [0.1, 0.15) is 31.8 Å². The molecule has 1 aliphatic rings. The zero-order valence-electron chi connectivity index (χ0n) is 22.9. The van der Waals surface area contributed by atoms with Gasteiger partial charge in [-0.3, -0.25) is 14.3 Å². The smallest absolute Gasteiger partial charge is 0.744 e. The van der Waals surface area contributed by atoms with Crippen molar-refractivity contribution < 1.29 is 103 Å². The van der Waals surface area contributed by atoms with Crippen LogP contribution in [0.25, 0.3) is 0 Å². The molecular formula is C26H17N3Na2O10S3. The number of hydrogen-bond donors (Lipinski definition) is 3. The van der Waals surface area contributed by atoms with Crippen LogP contribution in [-0.4, -0.2) is 45.9 Å². The molecule has 4 N–H and O–H groups in total. The van der Waals surface area contributed by atoms with Crippen molar-refractivity contribution in [2.45, 2.75) is 14.7 Å². The van der Waals surface area contributed by atoms with Gasteiger partial charge < -0.3 is 20.2 Å². The third kappa shape index (κ3) is 6.80. The van der Waals surface area contributed by atoms with Crippen LogP contribution >= 0.6 is 0 Å². The summed E-state index contributed by atoms with van der Waals surface area (Å²) in [6.07, 6.45) is 0. The topological polar surface area (TPSA) is 233 Å². The molecule has 4 aromatic carbocycles. The second-order valence-corrected chi connectivity index (χ2v) is 13.3. The first-order valence-corrected chi connectivity index (χ1v) is 15.9. The Hall–Kier alpha value is -2.61. The summed E-state index contributed by atoms with van der Waals surface area (Å²) >= 11 is 0. The molecule has 18 heteroatoms. The second kappa shape index (κ2) is 13.0. The van der Waals surface area contributed by atoms with Gasteiger partial charge in [-0.25, -0.2) is 25.3 Å². The number of nitrogens with two attached hydrogens (primary N) is 1. The minimum absolute atomic E-state index is 0. The standard InChI is InChI=1S/C26H19N3O10S3.2Na/c27-24-21(42(37,38)39)13-19(22-23(24)26(31)17-9-5-4-8-16(17)25(22)30)28-14-10-11-18(20(12-14)41(34,35)36)29-40(32,33)15-6-2-1-3-7-15;;/h1-13,28-29H,27H2,(H,34,35,36)(H,37,38,39);;/q;2*+1/p-2. The van der Waals surface area contributed by atoms with Crippen LogP contribution in [0.3, 0.4) is 0 Å². The summed E-state index contributed by atoms with van der Waals surface area (Å²) in [5.41, 5.74) is 2.84. The Balaban J connectivity index is 0.00000264. The quantitative estimate of drug-likeness (QED) is 0.0864. The van der Waals surface area contributed by atoms with Gasteiger partial charge in [-0.05, 0) is 36.4 Å². The average Bonchev–Trinajstić information content (AvgIpc) is 2.92. The molecule has 0 amide bonds. The fraction of sp³-hybridized carbons (Fsp3) is 0. The summed E-state index contributed by atoms with van der Waals surface area (Å²) in [6, 6.07) is 16.1. The van der Waals surface area contributed by atoms with E-state index in [1.807, 2.05) is 4.72 Å². The van der Waals surface area contributed by atoms with E-state index in [1.165, 1.54) is 48.5 Å². The van der Waals surface area contributed by atoms with Gasteiger partial charge in [0.05, 0.1) is 42.9 Å². The molecule has 0 aliphatic heterocycles. The predicted octanol–water partition coefficient (Wildman–Crippen LogP) is -3.60. The number of benzene rings is 4. The van der Waals surface area contributed by atoms with E-state index in [4.69, 9.17) is 5.73 Å². The van der Waals surface area contributed by atoms with Crippen LogP contribution in [0, 0.1) is 0 Å². The van der Waals surface area contributed by atoms with Crippen molar-refractivity contribution in [3.8, 4) is 0 Å². The number of fused-ring (bicyclic) bond motifs is 2. The van der Waals surface area contributed by atoms with Crippen molar-refractivity contribution in [3.05, 3.63) is 101 Å². The van der Waals surface area contributed by atoms with E-state index in [1.54, 1.807) is 6.07 Å². The fourth-order valence-corrected chi connectivity index (χ4v) is 6.91. The van der Waals surface area contributed by atoms with E-state index in [-0.39, 0.29) is 80.8 Å². The minimum Gasteiger partial charge on any atom is -0.744 e. The molecule has 0 aromatic heterocycles. The number of carbonyl (C=O) groups excluding carboxylic acids is 2. The normalized spacial score (nSPS) is 12.7. The van der Waals surface area contributed by atoms with Crippen LogP contribution in [0.5, 0.6) is 0 Å². The molecule has 0 spiro atoms. The van der Waals surface area contributed by atoms with Crippen molar-refractivity contribution in [3.63, 3.8) is 0 Å². The van der Waals surface area contributed by atoms with Gasteiger partial charge in [-0.1, -0.05) is 42.5 Å². The van der Waals surface area contributed by atoms with Gasteiger partial charge in [0.15, 0.2) is 11.6 Å². The van der Waals surface area contributed by atoms with Gasteiger partial charge in [0, 0.05) is 16.8 Å². The van der Waals surface area contributed by atoms with Crippen molar-refractivity contribution in [2.75, 3.05) is 15.8 Å². The molecule has 0 heterocycles. The number of rotatable bonds is 7. The van der Waals surface area contributed by atoms with Crippen molar-refractivity contribution >= 4 is 64.6 Å². The van der Waals surface area contributed by atoms with Gasteiger partial charge in [0.25, 0.3) is 10.0 Å². The number of ketones is 2. The molecule has 5 rings (SSSR count). The van der Waals surface area contributed by atoms with Crippen LogP contribution in [0.2, 0.25) is 0 Å². The molecule has 1 aliphatic carbocycles. The Labute approximate surface area is 296 Å².